The van der Waals surface area contributed by atoms with Gasteiger partial charge in [-0.1, -0.05) is 24.3 Å². The normalized spacial score (nSPS) is 16.8. The molecule has 0 saturated heterocycles. The molecule has 1 fully saturated rings. The Morgan fingerprint density at radius 2 is 1.82 bits per heavy atom. The molecule has 2 aromatic carbocycles. The van der Waals surface area contributed by atoms with Gasteiger partial charge in [-0.15, -0.1) is 13.1 Å². The number of ketones is 1. The van der Waals surface area contributed by atoms with Crippen LogP contribution in [-0.2, 0) is 13.5 Å². The summed E-state index contributed by atoms with van der Waals surface area (Å²) >= 11 is 0. The van der Waals surface area contributed by atoms with Crippen LogP contribution < -0.4 is 4.90 Å². The number of carbonyl (C=O) groups excluding carboxylic acids is 1. The molecule has 4 aromatic rings. The van der Waals surface area contributed by atoms with Gasteiger partial charge in [0.1, 0.15) is 5.69 Å². The number of hydrogen-bond acceptors (Lipinski definition) is 4. The number of rotatable bonds is 8. The molecule has 0 N–H and O–H groups in total. The topological polar surface area (TPSA) is 51.0 Å². The molecule has 1 saturated carbocycles. The second-order valence-corrected chi connectivity index (χ2v) is 8.80. The molecule has 0 bridgehead atoms. The minimum absolute atomic E-state index is 0. The van der Waals surface area contributed by atoms with E-state index in [9.17, 15) is 4.79 Å². The van der Waals surface area contributed by atoms with Crippen molar-refractivity contribution in [3.63, 3.8) is 0 Å². The van der Waals surface area contributed by atoms with E-state index in [0.29, 0.717) is 24.7 Å². The van der Waals surface area contributed by atoms with E-state index in [1.807, 2.05) is 13.2 Å². The van der Waals surface area contributed by atoms with Gasteiger partial charge in [-0.05, 0) is 60.2 Å². The minimum Gasteiger partial charge on any atom is -0.432 e. The van der Waals surface area contributed by atoms with Crippen LogP contribution in [0.25, 0.3) is 22.0 Å². The summed E-state index contributed by atoms with van der Waals surface area (Å²) in [5, 5.41) is 5.24. The van der Waals surface area contributed by atoms with Gasteiger partial charge in [0.2, 0.25) is 0 Å². The van der Waals surface area contributed by atoms with Crippen molar-refractivity contribution in [1.29, 1.82) is 0 Å². The largest absolute Gasteiger partial charge is 2.00 e. The number of benzene rings is 2. The molecule has 0 aliphatic heterocycles. The molecule has 2 heterocycles. The van der Waals surface area contributed by atoms with Crippen LogP contribution in [0, 0.1) is 56.8 Å². The summed E-state index contributed by atoms with van der Waals surface area (Å²) in [4.78, 5) is 19.5. The molecule has 0 amide bonds. The van der Waals surface area contributed by atoms with Crippen molar-refractivity contribution in [1.82, 2.24) is 14.8 Å². The Morgan fingerprint density at radius 1 is 1.06 bits per heavy atom. The molecular formula is C28H28N4OU. The zero-order valence-electron chi connectivity index (χ0n) is 19.4. The van der Waals surface area contributed by atoms with Crippen LogP contribution in [0.3, 0.4) is 0 Å². The second kappa shape index (κ2) is 10.5. The van der Waals surface area contributed by atoms with Crippen molar-refractivity contribution in [2.24, 2.45) is 18.9 Å². The molecular weight excluding hydrogens is 646 g/mol. The fourth-order valence-corrected chi connectivity index (χ4v) is 4.59. The Hall–Kier alpha value is -2.42. The summed E-state index contributed by atoms with van der Waals surface area (Å²) < 4.78 is 1.67. The zero-order valence-corrected chi connectivity index (χ0v) is 23.6. The minimum atomic E-state index is 0. The summed E-state index contributed by atoms with van der Waals surface area (Å²) in [6.07, 6.45) is 5.48. The first kappa shape index (κ1) is 24.7. The third-order valence-corrected chi connectivity index (χ3v) is 6.68. The summed E-state index contributed by atoms with van der Waals surface area (Å²) in [7, 11) is 1.82. The van der Waals surface area contributed by atoms with Crippen LogP contribution in [0.4, 0.5) is 5.69 Å². The van der Waals surface area contributed by atoms with Crippen LogP contribution in [0.2, 0.25) is 0 Å². The van der Waals surface area contributed by atoms with Gasteiger partial charge in [0.25, 0.3) is 0 Å². The number of Topliss-reactive ketones (excluding diaryl/α,β-unsaturated/α-hetero) is 1. The molecule has 2 atom stereocenters. The summed E-state index contributed by atoms with van der Waals surface area (Å²) in [6.45, 7) is 9.31. The quantitative estimate of drug-likeness (QED) is 0.191. The molecule has 2 unspecified atom stereocenters. The van der Waals surface area contributed by atoms with E-state index in [0.717, 1.165) is 40.6 Å². The van der Waals surface area contributed by atoms with Crippen molar-refractivity contribution in [2.45, 2.75) is 12.8 Å². The maximum atomic E-state index is 12.7. The standard InChI is InChI=1S/C28H28N4O.U/c1-4-32(5-2)24-10-8-20(9-11-24)23-16-21-7-6-19(15-26(21)29-18-23)14-22-17-25(22)28(33)27-12-13-30-31(27)3;/h6-13,15-16,18,22,25H,1-2,4-5,14,17H2,3H3;/q-2;+2. The monoisotopic (exact) mass is 674 g/mol. The Kier molecular flexibility index (Phi) is 7.60. The van der Waals surface area contributed by atoms with E-state index in [1.54, 1.807) is 16.9 Å². The maximum absolute atomic E-state index is 12.7. The molecule has 6 heteroatoms. The average molecular weight is 675 g/mol. The van der Waals surface area contributed by atoms with Crippen LogP contribution in [0.5, 0.6) is 0 Å². The van der Waals surface area contributed by atoms with E-state index in [1.165, 1.54) is 5.56 Å². The molecule has 2 aromatic heterocycles. The molecule has 5 rings (SSSR count). The molecule has 5 nitrogen and oxygen atoms in total. The second-order valence-electron chi connectivity index (χ2n) is 8.80. The fourth-order valence-electron chi connectivity index (χ4n) is 4.59. The van der Waals surface area contributed by atoms with Crippen LogP contribution >= 0.6 is 0 Å². The number of aryl methyl sites for hydroxylation is 1. The third kappa shape index (κ3) is 4.99. The number of carbonyl (C=O) groups is 1. The number of anilines is 1. The van der Waals surface area contributed by atoms with Gasteiger partial charge in [-0.3, -0.25) is 14.5 Å². The van der Waals surface area contributed by atoms with Crippen LogP contribution in [-0.4, -0.2) is 33.6 Å². The van der Waals surface area contributed by atoms with Gasteiger partial charge in [0.05, 0.1) is 5.52 Å². The van der Waals surface area contributed by atoms with E-state index >= 15 is 0 Å². The molecule has 1 aliphatic carbocycles. The van der Waals surface area contributed by atoms with Gasteiger partial charge in [-0.2, -0.15) is 5.10 Å². The SMILES string of the molecule is [CH2-]CN(C[CH2-])c1ccc(-c2cnc3cc(CC4CC4C(=O)c4ccnn4C)ccc3c2)cc1.[U+2]. The third-order valence-electron chi connectivity index (χ3n) is 6.68. The molecule has 0 spiro atoms. The van der Waals surface area contributed by atoms with E-state index in [2.05, 4.69) is 72.4 Å². The number of pyridine rings is 1. The van der Waals surface area contributed by atoms with Crippen molar-refractivity contribution in [3.05, 3.63) is 92.1 Å². The Labute approximate surface area is 224 Å². The van der Waals surface area contributed by atoms with Crippen molar-refractivity contribution < 1.29 is 35.9 Å². The number of hydrogen-bond donors (Lipinski definition) is 0. The maximum Gasteiger partial charge on any atom is 2.00 e. The first-order chi connectivity index (χ1) is 16.1. The van der Waals surface area contributed by atoms with E-state index < -0.39 is 0 Å². The summed E-state index contributed by atoms with van der Waals surface area (Å²) in [6, 6.07) is 18.9. The number of nitrogens with zero attached hydrogens (tertiary/aromatic N) is 4. The van der Waals surface area contributed by atoms with Gasteiger partial charge in [0, 0.05) is 42.0 Å². The van der Waals surface area contributed by atoms with Crippen molar-refractivity contribution in [3.8, 4) is 11.1 Å². The number of aromatic nitrogens is 3. The Morgan fingerprint density at radius 3 is 2.50 bits per heavy atom. The van der Waals surface area contributed by atoms with E-state index in [-0.39, 0.29) is 42.8 Å². The van der Waals surface area contributed by atoms with E-state index in [4.69, 9.17) is 4.98 Å². The molecule has 34 heavy (non-hydrogen) atoms. The van der Waals surface area contributed by atoms with Gasteiger partial charge in [0.15, 0.2) is 5.78 Å². The van der Waals surface area contributed by atoms with Gasteiger partial charge >= 0.3 is 31.1 Å². The Bertz CT molecular complexity index is 1290. The predicted molar refractivity (Wildman–Crippen MR) is 133 cm³/mol. The fraction of sp³-hybridized carbons (Fsp3) is 0.250. The first-order valence-electron chi connectivity index (χ1n) is 11.4. The summed E-state index contributed by atoms with van der Waals surface area (Å²) in [5.74, 6) is 0.722. The predicted octanol–water partition coefficient (Wildman–Crippen LogP) is 5.17. The van der Waals surface area contributed by atoms with Crippen LogP contribution in [0.15, 0.2) is 67.0 Å². The molecule has 1 aliphatic rings. The van der Waals surface area contributed by atoms with Gasteiger partial charge in [-0.25, -0.2) is 0 Å². The van der Waals surface area contributed by atoms with Crippen LogP contribution in [0.1, 0.15) is 22.5 Å². The number of fused-ring (bicyclic) bond motifs is 1. The zero-order chi connectivity index (χ0) is 22.9. The smallest absolute Gasteiger partial charge is 0.432 e. The summed E-state index contributed by atoms with van der Waals surface area (Å²) in [5.41, 5.74) is 6.29. The van der Waals surface area contributed by atoms with Crippen molar-refractivity contribution >= 4 is 22.4 Å². The Balaban J connectivity index is 0.00000274. The van der Waals surface area contributed by atoms with Crippen molar-refractivity contribution in [2.75, 3.05) is 18.0 Å². The first-order valence-corrected chi connectivity index (χ1v) is 11.4. The molecule has 170 valence electrons. The average Bonchev–Trinajstić information content (AvgIpc) is 3.48. The van der Waals surface area contributed by atoms with Gasteiger partial charge < -0.3 is 18.7 Å². The molecule has 0 radical (unpaired) electrons.